The van der Waals surface area contributed by atoms with Crippen molar-refractivity contribution >= 4 is 16.8 Å². The standard InChI is InChI=1S/C19H23N5O/c1-24(2)10-4-9-20-19(25)14-5-3-6-15-16(14)13-8-7-12-11-21-23-17(12)18(13)22-15/h3,5-6,11,22H,4,7-10H2,1-2H3,(H,20,25)(H,21,23). The SMILES string of the molecule is CN(C)CCCNC(=O)c1cccc2[nH]c3c(c12)CCc1cn[nH]c1-3. The quantitative estimate of drug-likeness (QED) is 0.626. The van der Waals surface area contributed by atoms with E-state index >= 15 is 0 Å². The van der Waals surface area contributed by atoms with E-state index in [1.165, 1.54) is 11.1 Å². The predicted molar refractivity (Wildman–Crippen MR) is 98.8 cm³/mol. The van der Waals surface area contributed by atoms with Crippen LogP contribution in [0.2, 0.25) is 0 Å². The molecule has 1 amide bonds. The molecule has 130 valence electrons. The fourth-order valence-corrected chi connectivity index (χ4v) is 3.64. The van der Waals surface area contributed by atoms with E-state index in [0.717, 1.165) is 53.7 Å². The second kappa shape index (κ2) is 6.37. The number of hydrogen-bond donors (Lipinski definition) is 3. The summed E-state index contributed by atoms with van der Waals surface area (Å²) in [5.41, 5.74) is 6.33. The van der Waals surface area contributed by atoms with Crippen LogP contribution in [0.25, 0.3) is 22.3 Å². The van der Waals surface area contributed by atoms with E-state index in [0.29, 0.717) is 6.54 Å². The van der Waals surface area contributed by atoms with E-state index in [-0.39, 0.29) is 5.91 Å². The topological polar surface area (TPSA) is 76.8 Å². The summed E-state index contributed by atoms with van der Waals surface area (Å²) in [7, 11) is 4.08. The minimum atomic E-state index is 0.00145. The van der Waals surface area contributed by atoms with Gasteiger partial charge in [0.15, 0.2) is 0 Å². The van der Waals surface area contributed by atoms with Crippen molar-refractivity contribution in [3.05, 3.63) is 41.1 Å². The van der Waals surface area contributed by atoms with Crippen LogP contribution in [0.5, 0.6) is 0 Å². The predicted octanol–water partition coefficient (Wildman–Crippen LogP) is 2.34. The van der Waals surface area contributed by atoms with Gasteiger partial charge in [-0.05, 0) is 63.2 Å². The largest absolute Gasteiger partial charge is 0.353 e. The van der Waals surface area contributed by atoms with Crippen molar-refractivity contribution in [3.8, 4) is 11.4 Å². The smallest absolute Gasteiger partial charge is 0.251 e. The van der Waals surface area contributed by atoms with Gasteiger partial charge in [0.25, 0.3) is 5.91 Å². The number of hydrogen-bond acceptors (Lipinski definition) is 3. The van der Waals surface area contributed by atoms with Gasteiger partial charge >= 0.3 is 0 Å². The first-order valence-electron chi connectivity index (χ1n) is 8.74. The lowest BCUT2D eigenvalue weighted by Crippen LogP contribution is -2.27. The number of nitrogens with zero attached hydrogens (tertiary/aromatic N) is 2. The number of benzene rings is 1. The van der Waals surface area contributed by atoms with Crippen molar-refractivity contribution in [2.24, 2.45) is 0 Å². The number of aryl methyl sites for hydroxylation is 2. The van der Waals surface area contributed by atoms with E-state index in [4.69, 9.17) is 0 Å². The summed E-state index contributed by atoms with van der Waals surface area (Å²) in [6.45, 7) is 1.65. The van der Waals surface area contributed by atoms with Crippen LogP contribution in [0.4, 0.5) is 0 Å². The van der Waals surface area contributed by atoms with Crippen molar-refractivity contribution in [1.29, 1.82) is 0 Å². The average molecular weight is 337 g/mol. The maximum Gasteiger partial charge on any atom is 0.251 e. The fraction of sp³-hybridized carbons (Fsp3) is 0.368. The summed E-state index contributed by atoms with van der Waals surface area (Å²) in [4.78, 5) is 18.3. The Morgan fingerprint density at radius 2 is 2.16 bits per heavy atom. The number of nitrogens with one attached hydrogen (secondary N) is 3. The Kier molecular flexibility index (Phi) is 4.05. The zero-order chi connectivity index (χ0) is 17.4. The lowest BCUT2D eigenvalue weighted by molar-refractivity contribution is 0.0954. The van der Waals surface area contributed by atoms with Gasteiger partial charge < -0.3 is 15.2 Å². The molecule has 25 heavy (non-hydrogen) atoms. The van der Waals surface area contributed by atoms with Crippen molar-refractivity contribution in [2.45, 2.75) is 19.3 Å². The van der Waals surface area contributed by atoms with Crippen LogP contribution in [0.1, 0.15) is 27.9 Å². The van der Waals surface area contributed by atoms with Gasteiger partial charge in [0, 0.05) is 23.0 Å². The van der Waals surface area contributed by atoms with Crippen molar-refractivity contribution in [1.82, 2.24) is 25.4 Å². The minimum absolute atomic E-state index is 0.00145. The van der Waals surface area contributed by atoms with E-state index in [9.17, 15) is 4.79 Å². The molecular formula is C19H23N5O. The molecule has 2 aromatic heterocycles. The summed E-state index contributed by atoms with van der Waals surface area (Å²) in [6.07, 6.45) is 4.71. The lowest BCUT2D eigenvalue weighted by Gasteiger charge is -2.13. The number of rotatable bonds is 5. The zero-order valence-electron chi connectivity index (χ0n) is 14.6. The first-order valence-corrected chi connectivity index (χ1v) is 8.74. The molecule has 0 bridgehead atoms. The summed E-state index contributed by atoms with van der Waals surface area (Å²) in [5, 5.41) is 11.4. The van der Waals surface area contributed by atoms with Gasteiger partial charge in [-0.15, -0.1) is 0 Å². The summed E-state index contributed by atoms with van der Waals surface area (Å²) >= 11 is 0. The van der Waals surface area contributed by atoms with E-state index in [1.807, 2.05) is 38.5 Å². The third kappa shape index (κ3) is 2.82. The van der Waals surface area contributed by atoms with Crippen LogP contribution in [0.3, 0.4) is 0 Å². The number of carbonyl (C=O) groups is 1. The Bertz CT molecular complexity index is 921. The van der Waals surface area contributed by atoms with Gasteiger partial charge in [-0.25, -0.2) is 0 Å². The number of aromatic nitrogens is 3. The van der Waals surface area contributed by atoms with E-state index in [1.54, 1.807) is 0 Å². The van der Waals surface area contributed by atoms with Crippen molar-refractivity contribution in [2.75, 3.05) is 27.2 Å². The highest BCUT2D eigenvalue weighted by Gasteiger charge is 2.24. The Morgan fingerprint density at radius 3 is 3.00 bits per heavy atom. The molecule has 2 heterocycles. The number of aromatic amines is 2. The highest BCUT2D eigenvalue weighted by atomic mass is 16.1. The van der Waals surface area contributed by atoms with Crippen molar-refractivity contribution in [3.63, 3.8) is 0 Å². The fourth-order valence-electron chi connectivity index (χ4n) is 3.64. The zero-order valence-corrected chi connectivity index (χ0v) is 14.6. The molecular weight excluding hydrogens is 314 g/mol. The average Bonchev–Trinajstić information content (AvgIpc) is 3.21. The first kappa shape index (κ1) is 15.9. The molecule has 0 unspecified atom stereocenters. The highest BCUT2D eigenvalue weighted by molar-refractivity contribution is 6.09. The molecule has 6 nitrogen and oxygen atoms in total. The van der Waals surface area contributed by atoms with Gasteiger partial charge in [-0.1, -0.05) is 6.07 Å². The molecule has 1 aliphatic rings. The van der Waals surface area contributed by atoms with Gasteiger partial charge in [-0.2, -0.15) is 5.10 Å². The van der Waals surface area contributed by atoms with E-state index < -0.39 is 0 Å². The first-order chi connectivity index (χ1) is 12.1. The number of fused-ring (bicyclic) bond motifs is 5. The van der Waals surface area contributed by atoms with Gasteiger partial charge in [0.1, 0.15) is 0 Å². The molecule has 0 atom stereocenters. The van der Waals surface area contributed by atoms with Gasteiger partial charge in [-0.3, -0.25) is 9.89 Å². The molecule has 0 spiro atoms. The second-order valence-corrected chi connectivity index (χ2v) is 6.89. The maximum atomic E-state index is 12.7. The number of H-pyrrole nitrogens is 2. The lowest BCUT2D eigenvalue weighted by atomic mass is 9.92. The van der Waals surface area contributed by atoms with Crippen LogP contribution in [0.15, 0.2) is 24.4 Å². The molecule has 0 radical (unpaired) electrons. The Labute approximate surface area is 146 Å². The number of carbonyl (C=O) groups excluding carboxylic acids is 1. The normalized spacial score (nSPS) is 13.1. The summed E-state index contributed by atoms with van der Waals surface area (Å²) < 4.78 is 0. The maximum absolute atomic E-state index is 12.7. The van der Waals surface area contributed by atoms with E-state index in [2.05, 4.69) is 25.4 Å². The molecule has 3 N–H and O–H groups in total. The molecule has 0 saturated heterocycles. The van der Waals surface area contributed by atoms with Crippen LogP contribution in [0, 0.1) is 0 Å². The Morgan fingerprint density at radius 1 is 1.28 bits per heavy atom. The molecule has 1 aliphatic carbocycles. The minimum Gasteiger partial charge on any atom is -0.353 e. The highest BCUT2D eigenvalue weighted by Crippen LogP contribution is 2.37. The molecule has 3 aromatic rings. The molecule has 0 aliphatic heterocycles. The Balaban J connectivity index is 1.66. The van der Waals surface area contributed by atoms with Crippen LogP contribution >= 0.6 is 0 Å². The Hall–Kier alpha value is -2.60. The van der Waals surface area contributed by atoms with Crippen LogP contribution in [-0.4, -0.2) is 53.2 Å². The molecule has 0 saturated carbocycles. The molecule has 0 fully saturated rings. The molecule has 1 aromatic carbocycles. The third-order valence-corrected chi connectivity index (χ3v) is 4.85. The van der Waals surface area contributed by atoms with Gasteiger partial charge in [0.05, 0.1) is 17.6 Å². The second-order valence-electron chi connectivity index (χ2n) is 6.89. The van der Waals surface area contributed by atoms with Crippen LogP contribution < -0.4 is 5.32 Å². The van der Waals surface area contributed by atoms with Crippen molar-refractivity contribution < 1.29 is 4.79 Å². The number of amides is 1. The van der Waals surface area contributed by atoms with Gasteiger partial charge in [0.2, 0.25) is 0 Å². The molecule has 6 heteroatoms. The monoisotopic (exact) mass is 337 g/mol. The summed E-state index contributed by atoms with van der Waals surface area (Å²) in [6, 6.07) is 5.89. The molecule has 4 rings (SSSR count). The van der Waals surface area contributed by atoms with Crippen LogP contribution in [-0.2, 0) is 12.8 Å². The summed E-state index contributed by atoms with van der Waals surface area (Å²) in [5.74, 6) is 0.00145. The third-order valence-electron chi connectivity index (χ3n) is 4.85.